The standard InChI is InChI=1S/C45H58O6/c1-40(2)23-25-45(39(48)49-8)26-24-43(6)31(32(45)27-40)19-20-35-42(5)28-33(50-37(46)29-15-11-9-12-16-29)36(51-38(47)30-17-13-10-14-18-30)41(3,4)34(42)21-22-44(35,43)7/h9-19,32-36H,20-28H2,1-8H3/t32?,33-,34?,35?,36+,42+,43-,44-,45+/m1/s1. The first-order chi connectivity index (χ1) is 24.0. The van der Waals surface area contributed by atoms with Gasteiger partial charge in [0.2, 0.25) is 0 Å². The van der Waals surface area contributed by atoms with Gasteiger partial charge in [-0.05, 0) is 121 Å². The number of carbonyl (C=O) groups is 3. The van der Waals surface area contributed by atoms with Gasteiger partial charge in [-0.25, -0.2) is 9.59 Å². The van der Waals surface area contributed by atoms with E-state index >= 15 is 0 Å². The molecule has 2 aromatic rings. The molecule has 7 rings (SSSR count). The van der Waals surface area contributed by atoms with Gasteiger partial charge in [-0.15, -0.1) is 0 Å². The summed E-state index contributed by atoms with van der Waals surface area (Å²) in [5.74, 6) is -0.0528. The highest BCUT2D eigenvalue weighted by Crippen LogP contribution is 2.76. The smallest absolute Gasteiger partial charge is 0.338 e. The molecule has 274 valence electrons. The molecule has 0 heterocycles. The number of rotatable bonds is 5. The van der Waals surface area contributed by atoms with Crippen molar-refractivity contribution in [3.63, 3.8) is 0 Å². The maximum atomic E-state index is 13.8. The van der Waals surface area contributed by atoms with Gasteiger partial charge in [-0.3, -0.25) is 4.79 Å². The van der Waals surface area contributed by atoms with Gasteiger partial charge in [0.05, 0.1) is 23.7 Å². The van der Waals surface area contributed by atoms with E-state index in [0.717, 1.165) is 51.4 Å². The van der Waals surface area contributed by atoms with Crippen LogP contribution in [0.3, 0.4) is 0 Å². The summed E-state index contributed by atoms with van der Waals surface area (Å²) in [4.78, 5) is 41.1. The van der Waals surface area contributed by atoms with Crippen LogP contribution in [0.4, 0.5) is 0 Å². The fourth-order valence-corrected chi connectivity index (χ4v) is 12.8. The van der Waals surface area contributed by atoms with Crippen LogP contribution in [0.25, 0.3) is 0 Å². The van der Waals surface area contributed by atoms with Crippen molar-refractivity contribution in [3.8, 4) is 0 Å². The van der Waals surface area contributed by atoms with Crippen molar-refractivity contribution in [1.29, 1.82) is 0 Å². The second-order valence-corrected chi connectivity index (χ2v) is 18.9. The predicted octanol–water partition coefficient (Wildman–Crippen LogP) is 10.0. The van der Waals surface area contributed by atoms with Gasteiger partial charge >= 0.3 is 17.9 Å². The Balaban J connectivity index is 1.28. The Labute approximate surface area is 305 Å². The summed E-state index contributed by atoms with van der Waals surface area (Å²) in [5.41, 5.74) is 1.44. The summed E-state index contributed by atoms with van der Waals surface area (Å²) in [7, 11) is 1.56. The van der Waals surface area contributed by atoms with Gasteiger partial charge in [0.15, 0.2) is 0 Å². The minimum Gasteiger partial charge on any atom is -0.469 e. The third-order valence-corrected chi connectivity index (χ3v) is 15.6. The van der Waals surface area contributed by atoms with Crippen LogP contribution in [0.5, 0.6) is 0 Å². The zero-order chi connectivity index (χ0) is 36.6. The normalized spacial score (nSPS) is 39.1. The molecule has 2 aromatic carbocycles. The Morgan fingerprint density at radius 3 is 1.88 bits per heavy atom. The number of hydrogen-bond acceptors (Lipinski definition) is 6. The molecule has 6 nitrogen and oxygen atoms in total. The molecular formula is C45H58O6. The van der Waals surface area contributed by atoms with Gasteiger partial charge in [-0.1, -0.05) is 96.5 Å². The molecule has 0 aliphatic heterocycles. The number of carbonyl (C=O) groups excluding carboxylic acids is 3. The number of benzene rings is 2. The van der Waals surface area contributed by atoms with Crippen molar-refractivity contribution in [2.24, 2.45) is 50.2 Å². The topological polar surface area (TPSA) is 78.9 Å². The molecule has 5 aliphatic carbocycles. The summed E-state index contributed by atoms with van der Waals surface area (Å²) < 4.78 is 18.5. The van der Waals surface area contributed by atoms with Crippen molar-refractivity contribution >= 4 is 17.9 Å². The van der Waals surface area contributed by atoms with Crippen molar-refractivity contribution in [2.45, 2.75) is 118 Å². The fourth-order valence-electron chi connectivity index (χ4n) is 12.8. The third kappa shape index (κ3) is 5.43. The lowest BCUT2D eigenvalue weighted by molar-refractivity contribution is -0.231. The van der Waals surface area contributed by atoms with Crippen LogP contribution in [0.2, 0.25) is 0 Å². The molecule has 0 amide bonds. The average Bonchev–Trinajstić information content (AvgIpc) is 3.10. The van der Waals surface area contributed by atoms with Crippen LogP contribution in [0.1, 0.15) is 127 Å². The molecule has 9 atom stereocenters. The summed E-state index contributed by atoms with van der Waals surface area (Å²) in [6.07, 6.45) is 9.67. The first-order valence-corrected chi connectivity index (χ1v) is 19.3. The molecule has 6 heteroatoms. The maximum absolute atomic E-state index is 13.8. The van der Waals surface area contributed by atoms with Crippen LogP contribution in [0.15, 0.2) is 72.3 Å². The number of allylic oxidation sites excluding steroid dienone is 2. The van der Waals surface area contributed by atoms with E-state index in [2.05, 4.69) is 54.5 Å². The lowest BCUT2D eigenvalue weighted by Crippen LogP contribution is -2.67. The van der Waals surface area contributed by atoms with E-state index in [4.69, 9.17) is 14.2 Å². The first-order valence-electron chi connectivity index (χ1n) is 19.3. The van der Waals surface area contributed by atoms with E-state index < -0.39 is 23.0 Å². The molecule has 51 heavy (non-hydrogen) atoms. The fraction of sp³-hybridized carbons (Fsp3) is 0.622. The van der Waals surface area contributed by atoms with E-state index in [-0.39, 0.29) is 51.4 Å². The van der Waals surface area contributed by atoms with E-state index in [0.29, 0.717) is 23.5 Å². The number of methoxy groups -OCH3 is 1. The minimum absolute atomic E-state index is 0.0240. The van der Waals surface area contributed by atoms with E-state index in [1.807, 2.05) is 36.4 Å². The molecule has 0 saturated heterocycles. The van der Waals surface area contributed by atoms with Crippen molar-refractivity contribution in [1.82, 2.24) is 0 Å². The Kier molecular flexibility index (Phi) is 8.70. The first kappa shape index (κ1) is 36.0. The lowest BCUT2D eigenvalue weighted by atomic mass is 9.33. The molecule has 0 spiro atoms. The summed E-state index contributed by atoms with van der Waals surface area (Å²) in [6.45, 7) is 16.7. The van der Waals surface area contributed by atoms with Crippen molar-refractivity contribution in [2.75, 3.05) is 7.11 Å². The van der Waals surface area contributed by atoms with Gasteiger partial charge in [0, 0.05) is 5.41 Å². The highest BCUT2D eigenvalue weighted by atomic mass is 16.6. The van der Waals surface area contributed by atoms with Crippen molar-refractivity contribution in [3.05, 3.63) is 83.4 Å². The van der Waals surface area contributed by atoms with Crippen molar-refractivity contribution < 1.29 is 28.6 Å². The van der Waals surface area contributed by atoms with Crippen LogP contribution < -0.4 is 0 Å². The number of esters is 3. The second kappa shape index (κ2) is 12.3. The van der Waals surface area contributed by atoms with E-state index in [9.17, 15) is 14.4 Å². The number of hydrogen-bond donors (Lipinski definition) is 0. The van der Waals surface area contributed by atoms with Crippen LogP contribution >= 0.6 is 0 Å². The summed E-state index contributed by atoms with van der Waals surface area (Å²) in [6, 6.07) is 18.3. The Bertz CT molecular complexity index is 1710. The second-order valence-electron chi connectivity index (χ2n) is 18.9. The molecule has 0 aromatic heterocycles. The Hall–Kier alpha value is -3.41. The summed E-state index contributed by atoms with van der Waals surface area (Å²) >= 11 is 0. The highest BCUT2D eigenvalue weighted by Gasteiger charge is 2.71. The van der Waals surface area contributed by atoms with Gasteiger partial charge in [0.1, 0.15) is 12.2 Å². The molecule has 5 aliphatic rings. The van der Waals surface area contributed by atoms with Crippen LogP contribution in [0, 0.1) is 50.2 Å². The lowest BCUT2D eigenvalue weighted by Gasteiger charge is -2.71. The quantitative estimate of drug-likeness (QED) is 0.176. The maximum Gasteiger partial charge on any atom is 0.338 e. The van der Waals surface area contributed by atoms with Crippen LogP contribution in [-0.4, -0.2) is 37.2 Å². The average molecular weight is 695 g/mol. The monoisotopic (exact) mass is 694 g/mol. The van der Waals surface area contributed by atoms with Gasteiger partial charge < -0.3 is 14.2 Å². The third-order valence-electron chi connectivity index (χ3n) is 15.6. The van der Waals surface area contributed by atoms with Gasteiger partial charge in [0.25, 0.3) is 0 Å². The Morgan fingerprint density at radius 2 is 1.27 bits per heavy atom. The molecule has 0 bridgehead atoms. The molecule has 0 radical (unpaired) electrons. The van der Waals surface area contributed by atoms with E-state index in [1.54, 1.807) is 31.4 Å². The molecule has 0 N–H and O–H groups in total. The summed E-state index contributed by atoms with van der Waals surface area (Å²) in [5, 5.41) is 0. The van der Waals surface area contributed by atoms with Gasteiger partial charge in [-0.2, -0.15) is 0 Å². The highest BCUT2D eigenvalue weighted by molar-refractivity contribution is 5.90. The zero-order valence-corrected chi connectivity index (χ0v) is 32.1. The predicted molar refractivity (Wildman–Crippen MR) is 198 cm³/mol. The number of ether oxygens (including phenoxy) is 3. The Morgan fingerprint density at radius 1 is 0.686 bits per heavy atom. The largest absolute Gasteiger partial charge is 0.469 e. The van der Waals surface area contributed by atoms with E-state index in [1.165, 1.54) is 5.57 Å². The zero-order valence-electron chi connectivity index (χ0n) is 32.1. The SMILES string of the molecule is COC(=O)[C@]12CCC(C)(C)CC1C1=CCC3[C@@]4(C)C[C@@H](OC(=O)c5ccccc5)[C@H](OC(=O)c5ccccc5)C(C)(C)C4CC[C@@]3(C)[C@]1(C)CC2. The molecule has 4 saturated carbocycles. The molecule has 3 unspecified atom stereocenters. The number of fused-ring (bicyclic) bond motifs is 7. The molecular weight excluding hydrogens is 636 g/mol. The molecule has 4 fully saturated rings. The minimum atomic E-state index is -0.611. The van der Waals surface area contributed by atoms with Crippen LogP contribution in [-0.2, 0) is 19.0 Å².